The normalized spacial score (nSPS) is 12.3. The molecule has 0 unspecified atom stereocenters. The lowest BCUT2D eigenvalue weighted by Crippen LogP contribution is -2.31. The van der Waals surface area contributed by atoms with Gasteiger partial charge in [-0.25, -0.2) is 21.6 Å². The monoisotopic (exact) mass is 368 g/mol. The highest BCUT2D eigenvalue weighted by atomic mass is 32.2. The zero-order chi connectivity index (χ0) is 18.0. The van der Waals surface area contributed by atoms with Crippen LogP contribution in [-0.4, -0.2) is 22.9 Å². The average Bonchev–Trinajstić information content (AvgIpc) is 2.46. The van der Waals surface area contributed by atoms with E-state index in [0.29, 0.717) is 0 Å². The first kappa shape index (κ1) is 18.4. The van der Waals surface area contributed by atoms with Crippen molar-refractivity contribution in [2.75, 3.05) is 4.72 Å². The number of aryl methyl sites for hydroxylation is 1. The number of nitrogens with one attached hydrogen (secondary N) is 2. The van der Waals surface area contributed by atoms with Crippen LogP contribution in [-0.2, 0) is 20.0 Å². The van der Waals surface area contributed by atoms with Crippen LogP contribution < -0.4 is 9.44 Å². The zero-order valence-corrected chi connectivity index (χ0v) is 15.3. The van der Waals surface area contributed by atoms with Crippen molar-refractivity contribution in [3.63, 3.8) is 0 Å². The van der Waals surface area contributed by atoms with Gasteiger partial charge in [-0.1, -0.05) is 29.8 Å². The second kappa shape index (κ2) is 6.92. The van der Waals surface area contributed by atoms with Gasteiger partial charge in [-0.2, -0.15) is 0 Å². The van der Waals surface area contributed by atoms with Gasteiger partial charge in [0.1, 0.15) is 4.90 Å². The molecular weight excluding hydrogens is 348 g/mol. The van der Waals surface area contributed by atoms with Gasteiger partial charge in [0, 0.05) is 6.04 Å². The molecule has 0 saturated carbocycles. The van der Waals surface area contributed by atoms with Crippen molar-refractivity contribution in [1.82, 2.24) is 4.72 Å². The molecule has 0 aliphatic rings. The van der Waals surface area contributed by atoms with Gasteiger partial charge in [-0.05, 0) is 45.0 Å². The molecule has 0 amide bonds. The van der Waals surface area contributed by atoms with E-state index in [1.807, 2.05) is 6.92 Å². The van der Waals surface area contributed by atoms with Crippen LogP contribution in [0.1, 0.15) is 19.4 Å². The quantitative estimate of drug-likeness (QED) is 0.819. The SMILES string of the molecule is Cc1ccc(S(=O)(=O)Nc2ccccc2S(=O)(=O)NC(C)C)cc1. The summed E-state index contributed by atoms with van der Waals surface area (Å²) >= 11 is 0. The number of hydrogen-bond acceptors (Lipinski definition) is 4. The molecular formula is C16H20N2O4S2. The fraction of sp³-hybridized carbons (Fsp3) is 0.250. The first-order chi connectivity index (χ1) is 11.1. The first-order valence-electron chi connectivity index (χ1n) is 7.33. The van der Waals surface area contributed by atoms with Crippen molar-refractivity contribution in [2.24, 2.45) is 0 Å². The van der Waals surface area contributed by atoms with Gasteiger partial charge in [0.05, 0.1) is 10.6 Å². The van der Waals surface area contributed by atoms with E-state index in [0.717, 1.165) is 5.56 Å². The molecule has 6 nitrogen and oxygen atoms in total. The Bertz CT molecular complexity index is 919. The summed E-state index contributed by atoms with van der Waals surface area (Å²) in [4.78, 5) is -0.0495. The lowest BCUT2D eigenvalue weighted by Gasteiger charge is -2.15. The van der Waals surface area contributed by atoms with Crippen LogP contribution in [0, 0.1) is 6.92 Å². The van der Waals surface area contributed by atoms with E-state index in [1.54, 1.807) is 38.1 Å². The fourth-order valence-electron chi connectivity index (χ4n) is 2.08. The molecule has 0 radical (unpaired) electrons. The van der Waals surface area contributed by atoms with Crippen molar-refractivity contribution >= 4 is 25.7 Å². The third kappa shape index (κ3) is 4.34. The topological polar surface area (TPSA) is 92.3 Å². The van der Waals surface area contributed by atoms with Gasteiger partial charge in [0.15, 0.2) is 0 Å². The van der Waals surface area contributed by atoms with E-state index in [2.05, 4.69) is 9.44 Å². The second-order valence-corrected chi connectivity index (χ2v) is 9.06. The van der Waals surface area contributed by atoms with Crippen LogP contribution >= 0.6 is 0 Å². The summed E-state index contributed by atoms with van der Waals surface area (Å²) in [5.74, 6) is 0. The molecule has 0 spiro atoms. The van der Waals surface area contributed by atoms with Crippen molar-refractivity contribution in [2.45, 2.75) is 36.6 Å². The summed E-state index contributed by atoms with van der Waals surface area (Å²) < 4.78 is 54.5. The number of benzene rings is 2. The minimum atomic E-state index is -3.88. The van der Waals surface area contributed by atoms with Gasteiger partial charge in [-0.15, -0.1) is 0 Å². The maximum absolute atomic E-state index is 12.5. The Balaban J connectivity index is 2.42. The lowest BCUT2D eigenvalue weighted by molar-refractivity contribution is 0.570. The third-order valence-corrected chi connectivity index (χ3v) is 6.24. The highest BCUT2D eigenvalue weighted by molar-refractivity contribution is 7.93. The Kier molecular flexibility index (Phi) is 5.32. The minimum absolute atomic E-state index is 0.00576. The highest BCUT2D eigenvalue weighted by Crippen LogP contribution is 2.24. The molecule has 0 heterocycles. The summed E-state index contributed by atoms with van der Waals surface area (Å²) in [6, 6.07) is 11.9. The molecule has 2 aromatic rings. The van der Waals surface area contributed by atoms with Gasteiger partial charge in [-0.3, -0.25) is 4.72 Å². The fourth-order valence-corrected chi connectivity index (χ4v) is 4.64. The summed E-state index contributed by atoms with van der Waals surface area (Å²) in [6.45, 7) is 5.23. The number of hydrogen-bond donors (Lipinski definition) is 2. The predicted molar refractivity (Wildman–Crippen MR) is 93.9 cm³/mol. The van der Waals surface area contributed by atoms with Crippen molar-refractivity contribution in [3.05, 3.63) is 54.1 Å². The summed E-state index contributed by atoms with van der Waals surface area (Å²) in [7, 11) is -7.71. The smallest absolute Gasteiger partial charge is 0.261 e. The maximum Gasteiger partial charge on any atom is 0.261 e. The average molecular weight is 368 g/mol. The Morgan fingerprint density at radius 1 is 0.833 bits per heavy atom. The van der Waals surface area contributed by atoms with Crippen molar-refractivity contribution in [3.8, 4) is 0 Å². The molecule has 0 saturated heterocycles. The van der Waals surface area contributed by atoms with Crippen molar-refractivity contribution in [1.29, 1.82) is 0 Å². The molecule has 0 fully saturated rings. The van der Waals surface area contributed by atoms with Crippen LogP contribution in [0.15, 0.2) is 58.3 Å². The predicted octanol–water partition coefficient (Wildman–Crippen LogP) is 2.48. The number of anilines is 1. The van der Waals surface area contributed by atoms with Gasteiger partial charge < -0.3 is 0 Å². The molecule has 8 heteroatoms. The Morgan fingerprint density at radius 2 is 1.42 bits per heavy atom. The molecule has 2 aromatic carbocycles. The van der Waals surface area contributed by atoms with E-state index >= 15 is 0 Å². The summed E-state index contributed by atoms with van der Waals surface area (Å²) in [5, 5.41) is 0. The Morgan fingerprint density at radius 3 is 2.00 bits per heavy atom. The maximum atomic E-state index is 12.5. The second-order valence-electron chi connectivity index (χ2n) is 5.69. The van der Waals surface area contributed by atoms with Crippen LogP contribution in [0.4, 0.5) is 5.69 Å². The van der Waals surface area contributed by atoms with E-state index in [1.165, 1.54) is 24.3 Å². The van der Waals surface area contributed by atoms with Crippen LogP contribution in [0.2, 0.25) is 0 Å². The van der Waals surface area contributed by atoms with Crippen LogP contribution in [0.3, 0.4) is 0 Å². The Hall–Kier alpha value is -1.90. The zero-order valence-electron chi connectivity index (χ0n) is 13.6. The van der Waals surface area contributed by atoms with Gasteiger partial charge in [0.25, 0.3) is 10.0 Å². The molecule has 24 heavy (non-hydrogen) atoms. The van der Waals surface area contributed by atoms with Crippen molar-refractivity contribution < 1.29 is 16.8 Å². The standard InChI is InChI=1S/C16H20N2O4S2/c1-12(2)17-24(21,22)16-7-5-4-6-15(16)18-23(19,20)14-10-8-13(3)9-11-14/h4-12,17-18H,1-3H3. The van der Waals surface area contributed by atoms with Gasteiger partial charge >= 0.3 is 0 Å². The molecule has 0 atom stereocenters. The molecule has 0 aliphatic heterocycles. The highest BCUT2D eigenvalue weighted by Gasteiger charge is 2.22. The number of rotatable bonds is 6. The summed E-state index contributed by atoms with van der Waals surface area (Å²) in [5.41, 5.74) is 0.935. The van der Waals surface area contributed by atoms with Crippen LogP contribution in [0.5, 0.6) is 0 Å². The third-order valence-electron chi connectivity index (χ3n) is 3.14. The van der Waals surface area contributed by atoms with E-state index in [-0.39, 0.29) is 21.5 Å². The lowest BCUT2D eigenvalue weighted by atomic mass is 10.2. The molecule has 2 rings (SSSR count). The molecule has 0 aromatic heterocycles. The number of sulfonamides is 2. The molecule has 130 valence electrons. The van der Waals surface area contributed by atoms with E-state index in [9.17, 15) is 16.8 Å². The van der Waals surface area contributed by atoms with E-state index in [4.69, 9.17) is 0 Å². The minimum Gasteiger partial charge on any atom is -0.278 e. The molecule has 0 aliphatic carbocycles. The van der Waals surface area contributed by atoms with Crippen LogP contribution in [0.25, 0.3) is 0 Å². The largest absolute Gasteiger partial charge is 0.278 e. The van der Waals surface area contributed by atoms with E-state index < -0.39 is 20.0 Å². The molecule has 2 N–H and O–H groups in total. The molecule has 0 bridgehead atoms. The Labute approximate surface area is 143 Å². The number of para-hydroxylation sites is 1. The van der Waals surface area contributed by atoms with Gasteiger partial charge in [0.2, 0.25) is 10.0 Å². The first-order valence-corrected chi connectivity index (χ1v) is 10.3. The summed E-state index contributed by atoms with van der Waals surface area (Å²) in [6.07, 6.45) is 0.